The quantitative estimate of drug-likeness (QED) is 0.389. The molecule has 3 aromatic carbocycles. The van der Waals surface area contributed by atoms with Crippen molar-refractivity contribution in [2.75, 3.05) is 13.7 Å². The number of carbonyl (C=O) groups excluding carboxylic acids is 2. The summed E-state index contributed by atoms with van der Waals surface area (Å²) >= 11 is 9.73. The summed E-state index contributed by atoms with van der Waals surface area (Å²) in [6.07, 6.45) is 0.378. The normalized spacial score (nSPS) is 11.6. The fourth-order valence-corrected chi connectivity index (χ4v) is 4.21. The number of rotatable bonds is 9. The van der Waals surface area contributed by atoms with E-state index in [-0.39, 0.29) is 25.0 Å². The maximum atomic E-state index is 13.5. The molecule has 0 aliphatic heterocycles. The third kappa shape index (κ3) is 6.84. The van der Waals surface area contributed by atoms with Crippen LogP contribution in [-0.2, 0) is 22.6 Å². The Morgan fingerprint density at radius 3 is 2.26 bits per heavy atom. The first-order valence-corrected chi connectivity index (χ1v) is 12.1. The van der Waals surface area contributed by atoms with Crippen molar-refractivity contribution in [3.63, 3.8) is 0 Å². The molecule has 5 nitrogen and oxygen atoms in total. The van der Waals surface area contributed by atoms with E-state index in [2.05, 4.69) is 21.2 Å². The Morgan fingerprint density at radius 2 is 1.65 bits per heavy atom. The van der Waals surface area contributed by atoms with Gasteiger partial charge in [0.15, 0.2) is 6.61 Å². The zero-order chi connectivity index (χ0) is 24.7. The number of hydrogen-bond donors (Lipinski definition) is 1. The molecule has 0 heterocycles. The molecule has 178 valence electrons. The zero-order valence-corrected chi connectivity index (χ0v) is 21.8. The van der Waals surface area contributed by atoms with Crippen LogP contribution in [0.3, 0.4) is 0 Å². The highest BCUT2D eigenvalue weighted by atomic mass is 79.9. The molecule has 0 fully saturated rings. The second kappa shape index (κ2) is 12.0. The molecule has 1 unspecified atom stereocenters. The summed E-state index contributed by atoms with van der Waals surface area (Å²) in [5.41, 5.74) is 3.83. The smallest absolute Gasteiger partial charge is 0.261 e. The van der Waals surface area contributed by atoms with Crippen molar-refractivity contribution in [2.45, 2.75) is 32.9 Å². The summed E-state index contributed by atoms with van der Waals surface area (Å²) in [6.45, 7) is 3.98. The zero-order valence-electron chi connectivity index (χ0n) is 19.5. The topological polar surface area (TPSA) is 58.6 Å². The SMILES string of the molecule is CNC(=O)C(Cc1ccccc1)N(Cc1cccc(Cl)c1)C(=O)COc1cc(C)c(Br)c(C)c1. The van der Waals surface area contributed by atoms with E-state index in [0.717, 1.165) is 26.7 Å². The Morgan fingerprint density at radius 1 is 1.00 bits per heavy atom. The molecule has 7 heteroatoms. The van der Waals surface area contributed by atoms with Gasteiger partial charge in [0.1, 0.15) is 11.8 Å². The van der Waals surface area contributed by atoms with Gasteiger partial charge in [-0.25, -0.2) is 0 Å². The van der Waals surface area contributed by atoms with E-state index < -0.39 is 6.04 Å². The summed E-state index contributed by atoms with van der Waals surface area (Å²) in [6, 6.07) is 20.0. The largest absolute Gasteiger partial charge is 0.484 e. The molecule has 2 amide bonds. The highest BCUT2D eigenvalue weighted by Crippen LogP contribution is 2.26. The number of nitrogens with one attached hydrogen (secondary N) is 1. The van der Waals surface area contributed by atoms with E-state index in [9.17, 15) is 9.59 Å². The lowest BCUT2D eigenvalue weighted by molar-refractivity contribution is -0.142. The minimum atomic E-state index is -0.712. The van der Waals surface area contributed by atoms with E-state index in [1.807, 2.05) is 68.4 Å². The first-order valence-electron chi connectivity index (χ1n) is 11.0. The molecule has 34 heavy (non-hydrogen) atoms. The summed E-state index contributed by atoms with van der Waals surface area (Å²) in [4.78, 5) is 28.0. The number of aryl methyl sites for hydroxylation is 2. The molecule has 1 atom stereocenters. The second-order valence-electron chi connectivity index (χ2n) is 8.13. The highest BCUT2D eigenvalue weighted by molar-refractivity contribution is 9.10. The number of nitrogens with zero attached hydrogens (tertiary/aromatic N) is 1. The van der Waals surface area contributed by atoms with Crippen molar-refractivity contribution in [2.24, 2.45) is 0 Å². The average molecular weight is 544 g/mol. The molecular formula is C27H28BrClN2O3. The van der Waals surface area contributed by atoms with Gasteiger partial charge < -0.3 is 15.0 Å². The maximum Gasteiger partial charge on any atom is 0.261 e. The standard InChI is InChI=1S/C27H28BrClN2O3/c1-18-12-23(13-19(2)26(18)28)34-17-25(32)31(16-21-10-7-11-22(29)14-21)24(27(33)30-3)15-20-8-5-4-6-9-20/h4-14,24H,15-17H2,1-3H3,(H,30,33). The van der Waals surface area contributed by atoms with E-state index in [1.54, 1.807) is 24.1 Å². The van der Waals surface area contributed by atoms with Crippen molar-refractivity contribution in [3.05, 3.63) is 98.5 Å². The van der Waals surface area contributed by atoms with Gasteiger partial charge in [-0.3, -0.25) is 9.59 Å². The Kier molecular flexibility index (Phi) is 9.13. The first-order chi connectivity index (χ1) is 16.3. The fourth-order valence-electron chi connectivity index (χ4n) is 3.77. The third-order valence-corrected chi connectivity index (χ3v) is 7.02. The highest BCUT2D eigenvalue weighted by Gasteiger charge is 2.30. The summed E-state index contributed by atoms with van der Waals surface area (Å²) in [7, 11) is 1.58. The van der Waals surface area contributed by atoms with Gasteiger partial charge in [-0.15, -0.1) is 0 Å². The maximum absolute atomic E-state index is 13.5. The minimum Gasteiger partial charge on any atom is -0.484 e. The van der Waals surface area contributed by atoms with Gasteiger partial charge in [0.2, 0.25) is 5.91 Å². The van der Waals surface area contributed by atoms with Crippen LogP contribution < -0.4 is 10.1 Å². The van der Waals surface area contributed by atoms with Crippen LogP contribution in [0.4, 0.5) is 0 Å². The molecule has 0 spiro atoms. The molecule has 3 rings (SSSR count). The molecule has 0 bridgehead atoms. The van der Waals surface area contributed by atoms with Crippen molar-refractivity contribution in [3.8, 4) is 5.75 Å². The monoisotopic (exact) mass is 542 g/mol. The van der Waals surface area contributed by atoms with Crippen LogP contribution in [0.25, 0.3) is 0 Å². The third-order valence-electron chi connectivity index (χ3n) is 5.53. The van der Waals surface area contributed by atoms with E-state index in [1.165, 1.54) is 0 Å². The lowest BCUT2D eigenvalue weighted by Crippen LogP contribution is -2.51. The Labute approximate surface area is 214 Å². The van der Waals surface area contributed by atoms with Crippen molar-refractivity contribution < 1.29 is 14.3 Å². The van der Waals surface area contributed by atoms with Crippen LogP contribution in [-0.4, -0.2) is 36.4 Å². The van der Waals surface area contributed by atoms with Crippen LogP contribution in [0, 0.1) is 13.8 Å². The molecule has 1 N–H and O–H groups in total. The Hall–Kier alpha value is -2.83. The van der Waals surface area contributed by atoms with Crippen molar-refractivity contribution in [1.29, 1.82) is 0 Å². The summed E-state index contributed by atoms with van der Waals surface area (Å²) in [5.74, 6) is 0.0751. The van der Waals surface area contributed by atoms with Gasteiger partial charge >= 0.3 is 0 Å². The van der Waals surface area contributed by atoms with Gasteiger partial charge in [0.05, 0.1) is 0 Å². The number of ether oxygens (including phenoxy) is 1. The molecule has 0 aliphatic rings. The van der Waals surface area contributed by atoms with Crippen LogP contribution in [0.5, 0.6) is 5.75 Å². The number of halogens is 2. The van der Waals surface area contributed by atoms with Crippen molar-refractivity contribution in [1.82, 2.24) is 10.2 Å². The molecule has 0 saturated carbocycles. The van der Waals surface area contributed by atoms with Crippen LogP contribution in [0.1, 0.15) is 22.3 Å². The van der Waals surface area contributed by atoms with E-state index in [4.69, 9.17) is 16.3 Å². The number of carbonyl (C=O) groups is 2. The van der Waals surface area contributed by atoms with Gasteiger partial charge in [-0.2, -0.15) is 0 Å². The molecule has 0 saturated heterocycles. The predicted molar refractivity (Wildman–Crippen MR) is 139 cm³/mol. The first kappa shape index (κ1) is 25.8. The second-order valence-corrected chi connectivity index (χ2v) is 9.36. The van der Waals surface area contributed by atoms with Crippen LogP contribution in [0.15, 0.2) is 71.2 Å². The van der Waals surface area contributed by atoms with Gasteiger partial charge in [-0.1, -0.05) is 70.0 Å². The lowest BCUT2D eigenvalue weighted by Gasteiger charge is -2.31. The Balaban J connectivity index is 1.89. The number of benzene rings is 3. The lowest BCUT2D eigenvalue weighted by atomic mass is 10.0. The van der Waals surface area contributed by atoms with Gasteiger partial charge in [-0.05, 0) is 60.4 Å². The summed E-state index contributed by atoms with van der Waals surface area (Å²) < 4.78 is 6.88. The van der Waals surface area contributed by atoms with E-state index >= 15 is 0 Å². The minimum absolute atomic E-state index is 0.191. The number of amides is 2. The van der Waals surface area contributed by atoms with Gasteiger partial charge in [0, 0.05) is 29.5 Å². The average Bonchev–Trinajstić information content (AvgIpc) is 2.83. The fraction of sp³-hybridized carbons (Fsp3) is 0.259. The molecule has 0 radical (unpaired) electrons. The molecule has 3 aromatic rings. The van der Waals surface area contributed by atoms with Crippen LogP contribution >= 0.6 is 27.5 Å². The Bertz CT molecular complexity index is 1130. The summed E-state index contributed by atoms with van der Waals surface area (Å²) in [5, 5.41) is 3.28. The number of hydrogen-bond acceptors (Lipinski definition) is 3. The van der Waals surface area contributed by atoms with Crippen molar-refractivity contribution >= 4 is 39.3 Å². The molecule has 0 aromatic heterocycles. The molecular weight excluding hydrogens is 516 g/mol. The predicted octanol–water partition coefficient (Wildman–Crippen LogP) is 5.48. The van der Waals surface area contributed by atoms with E-state index in [0.29, 0.717) is 17.2 Å². The van der Waals surface area contributed by atoms with Crippen LogP contribution in [0.2, 0.25) is 5.02 Å². The number of likely N-dealkylation sites (N-methyl/N-ethyl adjacent to an activating group) is 1. The molecule has 0 aliphatic carbocycles. The van der Waals surface area contributed by atoms with Gasteiger partial charge in [0.25, 0.3) is 5.91 Å².